The molecule has 0 aliphatic carbocycles. The number of hydrogen-bond acceptors (Lipinski definition) is 3. The van der Waals surface area contributed by atoms with Crippen molar-refractivity contribution in [1.82, 2.24) is 0 Å². The molecule has 0 bridgehead atoms. The molecular formula is C19H21NO3. The minimum absolute atomic E-state index is 0.0462. The zero-order valence-electron chi connectivity index (χ0n) is 13.5. The van der Waals surface area contributed by atoms with E-state index in [9.17, 15) is 4.79 Å². The van der Waals surface area contributed by atoms with E-state index in [1.54, 1.807) is 19.1 Å². The van der Waals surface area contributed by atoms with Crippen molar-refractivity contribution in [2.24, 2.45) is 0 Å². The fourth-order valence-electron chi connectivity index (χ4n) is 2.90. The van der Waals surface area contributed by atoms with Gasteiger partial charge in [0.2, 0.25) is 5.91 Å². The fourth-order valence-corrected chi connectivity index (χ4v) is 2.90. The van der Waals surface area contributed by atoms with Crippen LogP contribution in [-0.2, 0) is 16.0 Å². The van der Waals surface area contributed by atoms with E-state index in [4.69, 9.17) is 9.47 Å². The zero-order valence-corrected chi connectivity index (χ0v) is 13.5. The Balaban J connectivity index is 1.75. The summed E-state index contributed by atoms with van der Waals surface area (Å²) < 4.78 is 11.1. The van der Waals surface area contributed by atoms with Gasteiger partial charge >= 0.3 is 0 Å². The molecule has 120 valence electrons. The fraction of sp³-hybridized carbons (Fsp3) is 0.316. The van der Waals surface area contributed by atoms with Gasteiger partial charge in [0, 0.05) is 12.7 Å². The molecular weight excluding hydrogens is 290 g/mol. The summed E-state index contributed by atoms with van der Waals surface area (Å²) in [5, 5.41) is 0. The number of carbonyl (C=O) groups is 1. The molecule has 0 saturated carbocycles. The Labute approximate surface area is 136 Å². The average Bonchev–Trinajstić information content (AvgIpc) is 2.61. The summed E-state index contributed by atoms with van der Waals surface area (Å²) in [6.45, 7) is 0.632. The molecule has 0 radical (unpaired) electrons. The topological polar surface area (TPSA) is 38.8 Å². The van der Waals surface area contributed by atoms with Crippen LogP contribution in [0.15, 0.2) is 48.5 Å². The highest BCUT2D eigenvalue weighted by atomic mass is 16.5. The molecule has 1 unspecified atom stereocenters. The normalized spacial score (nSPS) is 16.5. The standard InChI is InChI=1S/C19H21NO3/c1-20(15-6-4-3-5-7-15)19(21)13-18-17-9-8-16(22-2)12-14(17)10-11-23-18/h3-9,12,18H,10-11,13H2,1-2H3. The Morgan fingerprint density at radius 2 is 2.04 bits per heavy atom. The second-order valence-electron chi connectivity index (χ2n) is 5.67. The molecule has 23 heavy (non-hydrogen) atoms. The van der Waals surface area contributed by atoms with E-state index in [1.165, 1.54) is 5.56 Å². The summed E-state index contributed by atoms with van der Waals surface area (Å²) in [4.78, 5) is 14.2. The van der Waals surface area contributed by atoms with Crippen LogP contribution >= 0.6 is 0 Å². The van der Waals surface area contributed by atoms with Gasteiger partial charge in [0.15, 0.2) is 0 Å². The summed E-state index contributed by atoms with van der Waals surface area (Å²) in [5.41, 5.74) is 3.19. The van der Waals surface area contributed by atoms with Crippen LogP contribution < -0.4 is 9.64 Å². The summed E-state index contributed by atoms with van der Waals surface area (Å²) >= 11 is 0. The van der Waals surface area contributed by atoms with Crippen molar-refractivity contribution in [3.63, 3.8) is 0 Å². The molecule has 1 heterocycles. The molecule has 1 aliphatic rings. The van der Waals surface area contributed by atoms with Crippen LogP contribution in [0.1, 0.15) is 23.7 Å². The van der Waals surface area contributed by atoms with Gasteiger partial charge in [-0.05, 0) is 41.8 Å². The first-order valence-corrected chi connectivity index (χ1v) is 7.79. The number of amides is 1. The van der Waals surface area contributed by atoms with Gasteiger partial charge in [-0.25, -0.2) is 0 Å². The van der Waals surface area contributed by atoms with Crippen molar-refractivity contribution >= 4 is 11.6 Å². The van der Waals surface area contributed by atoms with E-state index in [0.29, 0.717) is 13.0 Å². The van der Waals surface area contributed by atoms with Crippen molar-refractivity contribution in [2.75, 3.05) is 25.7 Å². The highest BCUT2D eigenvalue weighted by Gasteiger charge is 2.25. The van der Waals surface area contributed by atoms with Gasteiger partial charge in [0.05, 0.1) is 26.2 Å². The van der Waals surface area contributed by atoms with Crippen LogP contribution in [0.3, 0.4) is 0 Å². The SMILES string of the molecule is COc1ccc2c(c1)CCOC2CC(=O)N(C)c1ccccc1. The molecule has 2 aromatic carbocycles. The third-order valence-corrected chi connectivity index (χ3v) is 4.27. The molecule has 4 heteroatoms. The smallest absolute Gasteiger partial charge is 0.229 e. The summed E-state index contributed by atoms with van der Waals surface area (Å²) in [6, 6.07) is 15.6. The van der Waals surface area contributed by atoms with E-state index in [1.807, 2.05) is 48.5 Å². The minimum Gasteiger partial charge on any atom is -0.497 e. The van der Waals surface area contributed by atoms with Crippen LogP contribution in [0.25, 0.3) is 0 Å². The highest BCUT2D eigenvalue weighted by molar-refractivity contribution is 5.93. The lowest BCUT2D eigenvalue weighted by Gasteiger charge is -2.28. The second kappa shape index (κ2) is 6.84. The minimum atomic E-state index is -0.191. The van der Waals surface area contributed by atoms with Gasteiger partial charge in [-0.1, -0.05) is 24.3 Å². The van der Waals surface area contributed by atoms with Gasteiger partial charge < -0.3 is 14.4 Å². The molecule has 2 aromatic rings. The largest absolute Gasteiger partial charge is 0.497 e. The van der Waals surface area contributed by atoms with Crippen LogP contribution in [-0.4, -0.2) is 26.7 Å². The van der Waals surface area contributed by atoms with E-state index in [2.05, 4.69) is 0 Å². The third kappa shape index (κ3) is 3.37. The molecule has 0 fully saturated rings. The Kier molecular flexibility index (Phi) is 4.63. The second-order valence-corrected chi connectivity index (χ2v) is 5.67. The third-order valence-electron chi connectivity index (χ3n) is 4.27. The number of ether oxygens (including phenoxy) is 2. The van der Waals surface area contributed by atoms with Crippen molar-refractivity contribution < 1.29 is 14.3 Å². The number of nitrogens with zero attached hydrogens (tertiary/aromatic N) is 1. The van der Waals surface area contributed by atoms with Crippen molar-refractivity contribution in [3.05, 3.63) is 59.7 Å². The molecule has 1 aliphatic heterocycles. The Hall–Kier alpha value is -2.33. The summed E-state index contributed by atoms with van der Waals surface area (Å²) in [7, 11) is 3.46. The first-order chi connectivity index (χ1) is 11.2. The van der Waals surface area contributed by atoms with Crippen LogP contribution in [0.5, 0.6) is 5.75 Å². The average molecular weight is 311 g/mol. The molecule has 1 amide bonds. The predicted octanol–water partition coefficient (Wildman–Crippen LogP) is 3.36. The predicted molar refractivity (Wildman–Crippen MR) is 89.9 cm³/mol. The van der Waals surface area contributed by atoms with Gasteiger partial charge in [-0.2, -0.15) is 0 Å². The Morgan fingerprint density at radius 3 is 2.78 bits per heavy atom. The molecule has 3 rings (SSSR count). The maximum atomic E-state index is 12.6. The van der Waals surface area contributed by atoms with Crippen molar-refractivity contribution in [1.29, 1.82) is 0 Å². The number of rotatable bonds is 4. The summed E-state index contributed by atoms with van der Waals surface area (Å²) in [5.74, 6) is 0.891. The van der Waals surface area contributed by atoms with Gasteiger partial charge in [0.1, 0.15) is 5.75 Å². The molecule has 0 saturated heterocycles. The van der Waals surface area contributed by atoms with Crippen molar-refractivity contribution in [3.8, 4) is 5.75 Å². The maximum absolute atomic E-state index is 12.6. The number of para-hydroxylation sites is 1. The molecule has 4 nitrogen and oxygen atoms in total. The number of fused-ring (bicyclic) bond motifs is 1. The van der Waals surface area contributed by atoms with Crippen LogP contribution in [0, 0.1) is 0 Å². The number of benzene rings is 2. The van der Waals surface area contributed by atoms with E-state index < -0.39 is 0 Å². The monoisotopic (exact) mass is 311 g/mol. The lowest BCUT2D eigenvalue weighted by molar-refractivity contribution is -0.121. The highest BCUT2D eigenvalue weighted by Crippen LogP contribution is 2.32. The van der Waals surface area contributed by atoms with Gasteiger partial charge in [0.25, 0.3) is 0 Å². The first kappa shape index (κ1) is 15.6. The zero-order chi connectivity index (χ0) is 16.2. The lowest BCUT2D eigenvalue weighted by Crippen LogP contribution is -2.29. The van der Waals surface area contributed by atoms with Crippen molar-refractivity contribution in [2.45, 2.75) is 18.9 Å². The first-order valence-electron chi connectivity index (χ1n) is 7.79. The van der Waals surface area contributed by atoms with Gasteiger partial charge in [-0.3, -0.25) is 4.79 Å². The number of carbonyl (C=O) groups excluding carboxylic acids is 1. The molecule has 0 N–H and O–H groups in total. The van der Waals surface area contributed by atoms with E-state index in [-0.39, 0.29) is 12.0 Å². The quantitative estimate of drug-likeness (QED) is 0.869. The van der Waals surface area contributed by atoms with Crippen LogP contribution in [0.4, 0.5) is 5.69 Å². The Bertz CT molecular complexity index is 684. The number of hydrogen-bond donors (Lipinski definition) is 0. The molecule has 1 atom stereocenters. The molecule has 0 aromatic heterocycles. The van der Waals surface area contributed by atoms with E-state index in [0.717, 1.165) is 23.4 Å². The Morgan fingerprint density at radius 1 is 1.26 bits per heavy atom. The maximum Gasteiger partial charge on any atom is 0.229 e. The number of anilines is 1. The lowest BCUT2D eigenvalue weighted by atomic mass is 9.95. The summed E-state index contributed by atoms with van der Waals surface area (Å²) in [6.07, 6.45) is 1.000. The van der Waals surface area contributed by atoms with Crippen LogP contribution in [0.2, 0.25) is 0 Å². The number of methoxy groups -OCH3 is 1. The van der Waals surface area contributed by atoms with E-state index >= 15 is 0 Å². The van der Waals surface area contributed by atoms with Gasteiger partial charge in [-0.15, -0.1) is 0 Å². The molecule has 0 spiro atoms.